The molecule has 0 aliphatic carbocycles. The Hall–Kier alpha value is -3.48. The van der Waals surface area contributed by atoms with Crippen molar-refractivity contribution in [3.8, 4) is 0 Å². The fourth-order valence-corrected chi connectivity index (χ4v) is 2.90. The Balaban J connectivity index is 1.53. The lowest BCUT2D eigenvalue weighted by atomic mass is 10.1. The van der Waals surface area contributed by atoms with Crippen molar-refractivity contribution < 1.29 is 19.1 Å². The number of carbonyl (C=O) groups is 3. The molecule has 1 amide bonds. The van der Waals surface area contributed by atoms with Gasteiger partial charge in [-0.1, -0.05) is 38.0 Å². The number of rotatable bonds is 9. The van der Waals surface area contributed by atoms with E-state index in [4.69, 9.17) is 4.74 Å². The number of para-hydroxylation sites is 1. The summed E-state index contributed by atoms with van der Waals surface area (Å²) in [6.45, 7) is 1.70. The number of fused-ring (bicyclic) bond motifs is 1. The minimum absolute atomic E-state index is 0.0438. The third-order valence-corrected chi connectivity index (χ3v) is 4.50. The summed E-state index contributed by atoms with van der Waals surface area (Å²) in [5, 5.41) is 10.2. The van der Waals surface area contributed by atoms with E-state index in [0.29, 0.717) is 23.1 Å². The second kappa shape index (κ2) is 9.64. The first-order valence-corrected chi connectivity index (χ1v) is 9.62. The van der Waals surface area contributed by atoms with Crippen molar-refractivity contribution in [1.29, 1.82) is 0 Å². The summed E-state index contributed by atoms with van der Waals surface area (Å²) < 4.78 is 5.12. The van der Waals surface area contributed by atoms with Gasteiger partial charge in [0, 0.05) is 23.1 Å². The molecule has 0 saturated heterocycles. The lowest BCUT2D eigenvalue weighted by molar-refractivity contribution is -0.116. The molecule has 1 heterocycles. The number of hydrogen-bond acceptors (Lipinski definition) is 5. The van der Waals surface area contributed by atoms with Crippen LogP contribution in [0.4, 0.5) is 5.69 Å². The molecule has 0 saturated carbocycles. The highest BCUT2D eigenvalue weighted by Gasteiger charge is 2.17. The topological polar surface area (TPSA) is 101 Å². The maximum atomic E-state index is 12.3. The van der Waals surface area contributed by atoms with Gasteiger partial charge in [-0.15, -0.1) is 0 Å². The summed E-state index contributed by atoms with van der Waals surface area (Å²) in [6, 6.07) is 13.7. The molecule has 0 radical (unpaired) electrons. The van der Waals surface area contributed by atoms with E-state index in [-0.39, 0.29) is 24.0 Å². The fraction of sp³-hybridized carbons (Fsp3) is 0.273. The molecule has 0 atom stereocenters. The first-order valence-electron chi connectivity index (χ1n) is 9.62. The Morgan fingerprint density at radius 1 is 1.03 bits per heavy atom. The first-order chi connectivity index (χ1) is 14.1. The van der Waals surface area contributed by atoms with Crippen LogP contribution in [0.15, 0.2) is 48.5 Å². The van der Waals surface area contributed by atoms with Crippen LogP contribution < -0.4 is 5.32 Å². The molecule has 0 aliphatic heterocycles. The standard InChI is InChI=1S/C22H23N3O4/c1-2-3-4-9-20(27)23-16-12-10-15(11-13-16)19(26)14-29-22(28)21-17-7-5-6-8-18(17)24-25-21/h5-8,10-13H,2-4,9,14H2,1H3,(H,23,27)(H,24,25). The predicted molar refractivity (Wildman–Crippen MR) is 110 cm³/mol. The van der Waals surface area contributed by atoms with Crippen LogP contribution in [-0.2, 0) is 9.53 Å². The van der Waals surface area contributed by atoms with Crippen LogP contribution in [-0.4, -0.2) is 34.5 Å². The lowest BCUT2D eigenvalue weighted by Gasteiger charge is -2.07. The molecule has 0 spiro atoms. The minimum atomic E-state index is -0.660. The molecule has 0 bridgehead atoms. The summed E-state index contributed by atoms with van der Waals surface area (Å²) >= 11 is 0. The number of amides is 1. The summed E-state index contributed by atoms with van der Waals surface area (Å²) in [4.78, 5) is 36.4. The molecule has 3 aromatic rings. The second-order valence-electron chi connectivity index (χ2n) is 6.70. The molecule has 7 nitrogen and oxygen atoms in total. The van der Waals surface area contributed by atoms with Gasteiger partial charge in [0.15, 0.2) is 18.1 Å². The molecule has 0 fully saturated rings. The molecule has 0 aliphatic rings. The number of aromatic nitrogens is 2. The normalized spacial score (nSPS) is 10.7. The highest BCUT2D eigenvalue weighted by molar-refractivity contribution is 6.04. The van der Waals surface area contributed by atoms with E-state index in [9.17, 15) is 14.4 Å². The molecule has 150 valence electrons. The Bertz CT molecular complexity index is 1010. The van der Waals surface area contributed by atoms with Gasteiger partial charge in [0.1, 0.15) is 0 Å². The molecule has 2 N–H and O–H groups in total. The third kappa shape index (κ3) is 5.28. The first kappa shape index (κ1) is 20.3. The van der Waals surface area contributed by atoms with Crippen LogP contribution >= 0.6 is 0 Å². The van der Waals surface area contributed by atoms with Gasteiger partial charge < -0.3 is 10.1 Å². The van der Waals surface area contributed by atoms with Gasteiger partial charge in [0.25, 0.3) is 0 Å². The highest BCUT2D eigenvalue weighted by Crippen LogP contribution is 2.16. The molecule has 0 unspecified atom stereocenters. The van der Waals surface area contributed by atoms with Gasteiger partial charge in [0.05, 0.1) is 5.52 Å². The summed E-state index contributed by atoms with van der Waals surface area (Å²) in [7, 11) is 0. The molecule has 29 heavy (non-hydrogen) atoms. The maximum Gasteiger partial charge on any atom is 0.359 e. The number of Topliss-reactive ketones (excluding diaryl/α,β-unsaturated/α-hetero) is 1. The number of esters is 1. The molecule has 7 heteroatoms. The van der Waals surface area contributed by atoms with Crippen LogP contribution in [0.2, 0.25) is 0 Å². The van der Waals surface area contributed by atoms with E-state index >= 15 is 0 Å². The smallest absolute Gasteiger partial charge is 0.359 e. The summed E-state index contributed by atoms with van der Waals surface area (Å²) in [5.41, 5.74) is 1.89. The van der Waals surface area contributed by atoms with Crippen molar-refractivity contribution in [2.75, 3.05) is 11.9 Å². The third-order valence-electron chi connectivity index (χ3n) is 4.50. The van der Waals surface area contributed by atoms with Crippen molar-refractivity contribution in [3.63, 3.8) is 0 Å². The van der Waals surface area contributed by atoms with E-state index in [1.54, 1.807) is 42.5 Å². The number of unbranched alkanes of at least 4 members (excludes halogenated alkanes) is 2. The Morgan fingerprint density at radius 2 is 1.79 bits per heavy atom. The molecular weight excluding hydrogens is 370 g/mol. The van der Waals surface area contributed by atoms with Gasteiger partial charge in [-0.2, -0.15) is 5.10 Å². The van der Waals surface area contributed by atoms with Gasteiger partial charge in [0.2, 0.25) is 5.91 Å². The zero-order valence-electron chi connectivity index (χ0n) is 16.2. The van der Waals surface area contributed by atoms with Gasteiger partial charge in [-0.3, -0.25) is 14.7 Å². The van der Waals surface area contributed by atoms with Crippen molar-refractivity contribution in [2.45, 2.75) is 32.6 Å². The van der Waals surface area contributed by atoms with Crippen molar-refractivity contribution in [1.82, 2.24) is 10.2 Å². The number of ketones is 1. The van der Waals surface area contributed by atoms with E-state index < -0.39 is 5.97 Å². The SMILES string of the molecule is CCCCCC(=O)Nc1ccc(C(=O)COC(=O)c2n[nH]c3ccccc23)cc1. The number of H-pyrrole nitrogens is 1. The lowest BCUT2D eigenvalue weighted by Crippen LogP contribution is -2.15. The van der Waals surface area contributed by atoms with E-state index in [2.05, 4.69) is 22.4 Å². The average Bonchev–Trinajstić information content (AvgIpc) is 3.17. The van der Waals surface area contributed by atoms with Crippen molar-refractivity contribution in [3.05, 3.63) is 59.8 Å². The van der Waals surface area contributed by atoms with Crippen LogP contribution in [0, 0.1) is 0 Å². The van der Waals surface area contributed by atoms with Crippen LogP contribution in [0.25, 0.3) is 10.9 Å². The quantitative estimate of drug-likeness (QED) is 0.323. The van der Waals surface area contributed by atoms with E-state index in [1.807, 2.05) is 6.07 Å². The van der Waals surface area contributed by atoms with E-state index in [1.165, 1.54) is 0 Å². The Labute approximate surface area is 168 Å². The zero-order valence-corrected chi connectivity index (χ0v) is 16.2. The molecule has 3 rings (SSSR count). The minimum Gasteiger partial charge on any atom is -0.452 e. The number of aromatic amines is 1. The average molecular weight is 393 g/mol. The summed E-state index contributed by atoms with van der Waals surface area (Å²) in [6.07, 6.45) is 3.42. The summed E-state index contributed by atoms with van der Waals surface area (Å²) in [5.74, 6) is -1.04. The number of hydrogen-bond donors (Lipinski definition) is 2. The van der Waals surface area contributed by atoms with Crippen molar-refractivity contribution in [2.24, 2.45) is 0 Å². The number of carbonyl (C=O) groups excluding carboxylic acids is 3. The fourth-order valence-electron chi connectivity index (χ4n) is 2.90. The predicted octanol–water partition coefficient (Wildman–Crippen LogP) is 4.12. The number of ether oxygens (including phenoxy) is 1. The van der Waals surface area contributed by atoms with Gasteiger partial charge >= 0.3 is 5.97 Å². The number of anilines is 1. The maximum absolute atomic E-state index is 12.3. The van der Waals surface area contributed by atoms with Crippen LogP contribution in [0.3, 0.4) is 0 Å². The number of nitrogens with one attached hydrogen (secondary N) is 2. The molecule has 2 aromatic carbocycles. The molecular formula is C22H23N3O4. The zero-order chi connectivity index (χ0) is 20.6. The van der Waals surface area contributed by atoms with Crippen LogP contribution in [0.5, 0.6) is 0 Å². The Morgan fingerprint density at radius 3 is 2.55 bits per heavy atom. The number of nitrogens with zero attached hydrogens (tertiary/aromatic N) is 1. The second-order valence-corrected chi connectivity index (χ2v) is 6.70. The molecule has 1 aromatic heterocycles. The van der Waals surface area contributed by atoms with Crippen molar-refractivity contribution >= 4 is 34.3 Å². The van der Waals surface area contributed by atoms with Gasteiger partial charge in [-0.25, -0.2) is 4.79 Å². The Kier molecular flexibility index (Phi) is 6.73. The monoisotopic (exact) mass is 393 g/mol. The largest absolute Gasteiger partial charge is 0.452 e. The van der Waals surface area contributed by atoms with E-state index in [0.717, 1.165) is 24.8 Å². The number of benzene rings is 2. The highest BCUT2D eigenvalue weighted by atomic mass is 16.5. The van der Waals surface area contributed by atoms with Crippen LogP contribution in [0.1, 0.15) is 53.5 Å². The van der Waals surface area contributed by atoms with Gasteiger partial charge in [-0.05, 0) is 36.8 Å².